The van der Waals surface area contributed by atoms with E-state index in [0.717, 1.165) is 44.7 Å². The first kappa shape index (κ1) is 14.9. The Labute approximate surface area is 131 Å². The molecule has 118 valence electrons. The van der Waals surface area contributed by atoms with Crippen LogP contribution in [0.4, 0.5) is 5.69 Å². The van der Waals surface area contributed by atoms with Crippen molar-refractivity contribution >= 4 is 17.6 Å². The Bertz CT molecular complexity index is 566. The largest absolute Gasteiger partial charge is 0.356 e. The van der Waals surface area contributed by atoms with Crippen molar-refractivity contribution in [2.75, 3.05) is 25.0 Å². The molecule has 1 heterocycles. The number of benzene rings is 1. The van der Waals surface area contributed by atoms with Crippen LogP contribution in [0.5, 0.6) is 0 Å². The van der Waals surface area contributed by atoms with Gasteiger partial charge in [0.1, 0.15) is 0 Å². The maximum Gasteiger partial charge on any atom is 0.220 e. The zero-order valence-corrected chi connectivity index (χ0v) is 13.1. The number of carbonyl (C=O) groups excluding carboxylic acids is 1. The number of aliphatic imine (C=N–C) groups is 1. The maximum absolute atomic E-state index is 11.6. The lowest BCUT2D eigenvalue weighted by molar-refractivity contribution is -0.121. The van der Waals surface area contributed by atoms with Crippen molar-refractivity contribution in [3.63, 3.8) is 0 Å². The number of anilines is 1. The van der Waals surface area contributed by atoms with E-state index in [9.17, 15) is 4.79 Å². The number of guanidine groups is 1. The molecule has 1 aliphatic carbocycles. The number of para-hydroxylation sites is 1. The van der Waals surface area contributed by atoms with Crippen LogP contribution in [0.3, 0.4) is 0 Å². The summed E-state index contributed by atoms with van der Waals surface area (Å²) in [4.78, 5) is 18.2. The molecule has 5 nitrogen and oxygen atoms in total. The van der Waals surface area contributed by atoms with Crippen molar-refractivity contribution in [3.05, 3.63) is 29.8 Å². The number of nitrogens with one attached hydrogen (secondary N) is 2. The summed E-state index contributed by atoms with van der Waals surface area (Å²) in [5, 5.41) is 6.39. The van der Waals surface area contributed by atoms with Crippen LogP contribution in [-0.4, -0.2) is 38.0 Å². The van der Waals surface area contributed by atoms with Crippen molar-refractivity contribution in [1.29, 1.82) is 0 Å². The lowest BCUT2D eigenvalue weighted by atomic mass is 10.2. The highest BCUT2D eigenvalue weighted by atomic mass is 16.1. The van der Waals surface area contributed by atoms with Gasteiger partial charge in [-0.1, -0.05) is 18.2 Å². The zero-order chi connectivity index (χ0) is 15.4. The first-order valence-electron chi connectivity index (χ1n) is 8.13. The molecule has 0 radical (unpaired) electrons. The molecule has 0 aromatic heterocycles. The predicted molar refractivity (Wildman–Crippen MR) is 89.3 cm³/mol. The van der Waals surface area contributed by atoms with Crippen LogP contribution in [0.2, 0.25) is 0 Å². The van der Waals surface area contributed by atoms with Crippen LogP contribution in [0.15, 0.2) is 29.3 Å². The lowest BCUT2D eigenvalue weighted by Gasteiger charge is -2.22. The highest BCUT2D eigenvalue weighted by molar-refractivity contribution is 5.97. The van der Waals surface area contributed by atoms with E-state index in [4.69, 9.17) is 0 Å². The standard InChI is InChI=1S/C17H24N4O/c1-18-17(19-11-4-7-16(22)20-14-8-9-14)21-12-10-13-5-2-3-6-15(13)21/h2-3,5-6,14H,4,7-12H2,1H3,(H,18,19)(H,20,22). The Kier molecular flexibility index (Phi) is 4.61. The molecule has 1 aliphatic heterocycles. The first-order valence-corrected chi connectivity index (χ1v) is 8.13. The van der Waals surface area contributed by atoms with Gasteiger partial charge in [0.15, 0.2) is 5.96 Å². The van der Waals surface area contributed by atoms with Crippen LogP contribution in [0.25, 0.3) is 0 Å². The molecule has 1 saturated carbocycles. The van der Waals surface area contributed by atoms with E-state index in [1.165, 1.54) is 11.3 Å². The number of amides is 1. The molecule has 22 heavy (non-hydrogen) atoms. The third-order valence-corrected chi connectivity index (χ3v) is 4.16. The minimum Gasteiger partial charge on any atom is -0.356 e. The second-order valence-corrected chi connectivity index (χ2v) is 5.95. The van der Waals surface area contributed by atoms with Gasteiger partial charge in [0.25, 0.3) is 0 Å². The normalized spacial score (nSPS) is 17.3. The molecular formula is C17H24N4O. The zero-order valence-electron chi connectivity index (χ0n) is 13.1. The third kappa shape index (κ3) is 3.59. The average Bonchev–Trinajstić information content (AvgIpc) is 3.24. The van der Waals surface area contributed by atoms with Gasteiger partial charge in [0.05, 0.1) is 0 Å². The van der Waals surface area contributed by atoms with Crippen LogP contribution in [0.1, 0.15) is 31.2 Å². The van der Waals surface area contributed by atoms with E-state index in [2.05, 4.69) is 44.8 Å². The van der Waals surface area contributed by atoms with Gasteiger partial charge >= 0.3 is 0 Å². The van der Waals surface area contributed by atoms with Gasteiger partial charge in [-0.3, -0.25) is 9.79 Å². The number of hydrogen-bond donors (Lipinski definition) is 2. The van der Waals surface area contributed by atoms with E-state index in [1.54, 1.807) is 0 Å². The SMILES string of the molecule is CN=C(NCCCC(=O)NC1CC1)N1CCc2ccccc21. The van der Waals surface area contributed by atoms with Crippen molar-refractivity contribution in [1.82, 2.24) is 10.6 Å². The van der Waals surface area contributed by atoms with Crippen LogP contribution < -0.4 is 15.5 Å². The summed E-state index contributed by atoms with van der Waals surface area (Å²) in [5.74, 6) is 1.07. The van der Waals surface area contributed by atoms with Gasteiger partial charge in [-0.25, -0.2) is 0 Å². The van der Waals surface area contributed by atoms with E-state index in [1.807, 2.05) is 7.05 Å². The van der Waals surface area contributed by atoms with Gasteiger partial charge in [0.2, 0.25) is 5.91 Å². The Morgan fingerprint density at radius 1 is 1.36 bits per heavy atom. The molecule has 1 fully saturated rings. The molecule has 0 unspecified atom stereocenters. The molecule has 1 amide bonds. The number of nitrogens with zero attached hydrogens (tertiary/aromatic N) is 2. The molecule has 0 atom stereocenters. The number of hydrogen-bond acceptors (Lipinski definition) is 2. The maximum atomic E-state index is 11.6. The Morgan fingerprint density at radius 2 is 2.18 bits per heavy atom. The van der Waals surface area contributed by atoms with E-state index < -0.39 is 0 Å². The van der Waals surface area contributed by atoms with Gasteiger partial charge in [-0.15, -0.1) is 0 Å². The molecule has 5 heteroatoms. The monoisotopic (exact) mass is 300 g/mol. The highest BCUT2D eigenvalue weighted by Crippen LogP contribution is 2.27. The molecule has 2 N–H and O–H groups in total. The fourth-order valence-corrected chi connectivity index (χ4v) is 2.83. The molecule has 3 rings (SSSR count). The first-order chi connectivity index (χ1) is 10.8. The topological polar surface area (TPSA) is 56.7 Å². The summed E-state index contributed by atoms with van der Waals surface area (Å²) >= 11 is 0. The summed E-state index contributed by atoms with van der Waals surface area (Å²) in [6, 6.07) is 8.90. The van der Waals surface area contributed by atoms with E-state index >= 15 is 0 Å². The Hall–Kier alpha value is -2.04. The summed E-state index contributed by atoms with van der Waals surface area (Å²) in [5.41, 5.74) is 2.61. The fraction of sp³-hybridized carbons (Fsp3) is 0.529. The molecule has 1 aromatic carbocycles. The third-order valence-electron chi connectivity index (χ3n) is 4.16. The molecule has 0 saturated heterocycles. The average molecular weight is 300 g/mol. The van der Waals surface area contributed by atoms with Crippen molar-refractivity contribution < 1.29 is 4.79 Å². The Balaban J connectivity index is 1.45. The van der Waals surface area contributed by atoms with E-state index in [-0.39, 0.29) is 5.91 Å². The molecular weight excluding hydrogens is 276 g/mol. The number of fused-ring (bicyclic) bond motifs is 1. The van der Waals surface area contributed by atoms with E-state index in [0.29, 0.717) is 12.5 Å². The highest BCUT2D eigenvalue weighted by Gasteiger charge is 2.23. The Morgan fingerprint density at radius 3 is 2.95 bits per heavy atom. The minimum absolute atomic E-state index is 0.172. The molecule has 2 aliphatic rings. The summed E-state index contributed by atoms with van der Waals surface area (Å²) in [6.45, 7) is 1.73. The fourth-order valence-electron chi connectivity index (χ4n) is 2.83. The van der Waals surface area contributed by atoms with Crippen LogP contribution in [0, 0.1) is 0 Å². The quantitative estimate of drug-likeness (QED) is 0.494. The van der Waals surface area contributed by atoms with Gasteiger partial charge in [-0.2, -0.15) is 0 Å². The minimum atomic E-state index is 0.172. The summed E-state index contributed by atoms with van der Waals surface area (Å²) in [6.07, 6.45) is 4.75. The number of rotatable bonds is 5. The summed E-state index contributed by atoms with van der Waals surface area (Å²) < 4.78 is 0. The molecule has 0 bridgehead atoms. The van der Waals surface area contributed by atoms with Gasteiger partial charge in [0, 0.05) is 38.3 Å². The van der Waals surface area contributed by atoms with Crippen molar-refractivity contribution in [2.24, 2.45) is 4.99 Å². The van der Waals surface area contributed by atoms with Crippen molar-refractivity contribution in [3.8, 4) is 0 Å². The number of carbonyl (C=O) groups is 1. The predicted octanol–water partition coefficient (Wildman–Crippen LogP) is 1.68. The van der Waals surface area contributed by atoms with Crippen LogP contribution in [-0.2, 0) is 11.2 Å². The second kappa shape index (κ2) is 6.81. The van der Waals surface area contributed by atoms with Gasteiger partial charge < -0.3 is 15.5 Å². The lowest BCUT2D eigenvalue weighted by Crippen LogP contribution is -2.41. The smallest absolute Gasteiger partial charge is 0.220 e. The molecule has 0 spiro atoms. The summed E-state index contributed by atoms with van der Waals surface area (Å²) in [7, 11) is 1.81. The molecule has 1 aromatic rings. The van der Waals surface area contributed by atoms with Gasteiger partial charge in [-0.05, 0) is 37.3 Å². The van der Waals surface area contributed by atoms with Crippen LogP contribution >= 0.6 is 0 Å². The second-order valence-electron chi connectivity index (χ2n) is 5.95. The van der Waals surface area contributed by atoms with Crippen molar-refractivity contribution in [2.45, 2.75) is 38.1 Å².